The van der Waals surface area contributed by atoms with Crippen molar-refractivity contribution >= 4 is 33.2 Å². The van der Waals surface area contributed by atoms with Gasteiger partial charge in [0.15, 0.2) is 0 Å². The van der Waals surface area contributed by atoms with E-state index < -0.39 is 15.9 Å². The molecule has 1 aromatic carbocycles. The van der Waals surface area contributed by atoms with Crippen molar-refractivity contribution in [2.75, 3.05) is 37.6 Å². The molecule has 176 valence electrons. The van der Waals surface area contributed by atoms with Crippen LogP contribution in [0.3, 0.4) is 0 Å². The van der Waals surface area contributed by atoms with Crippen LogP contribution in [0.1, 0.15) is 44.0 Å². The maximum atomic E-state index is 13.4. The zero-order valence-electron chi connectivity index (χ0n) is 18.9. The molecule has 0 bridgehead atoms. The van der Waals surface area contributed by atoms with Crippen LogP contribution >= 0.6 is 11.6 Å². The molecule has 2 aromatic rings. The second-order valence-corrected chi connectivity index (χ2v) is 10.7. The largest absolute Gasteiger partial charge is 0.368 e. The van der Waals surface area contributed by atoms with E-state index in [1.54, 1.807) is 10.9 Å². The zero-order chi connectivity index (χ0) is 23.3. The molecule has 0 atom stereocenters. The van der Waals surface area contributed by atoms with Gasteiger partial charge in [-0.05, 0) is 30.9 Å². The first-order valence-electron chi connectivity index (χ1n) is 11.1. The van der Waals surface area contributed by atoms with Crippen molar-refractivity contribution in [2.45, 2.75) is 45.2 Å². The molecule has 8 nitrogen and oxygen atoms in total. The fraction of sp³-hybridized carbons (Fsp3) is 0.545. The molecule has 0 aliphatic carbocycles. The molecule has 1 amide bonds. The summed E-state index contributed by atoms with van der Waals surface area (Å²) < 4.78 is 29.8. The molecule has 1 N–H and O–H groups in total. The molecular weight excluding hydrogens is 450 g/mol. The Balaban J connectivity index is 1.78. The first kappa shape index (κ1) is 24.5. The Morgan fingerprint density at radius 3 is 2.50 bits per heavy atom. The number of benzene rings is 1. The lowest BCUT2D eigenvalue weighted by Crippen LogP contribution is -2.49. The molecule has 1 fully saturated rings. The maximum Gasteiger partial charge on any atom is 0.263 e. The van der Waals surface area contributed by atoms with Crippen LogP contribution in [0.2, 0.25) is 5.02 Å². The Morgan fingerprint density at radius 1 is 1.19 bits per heavy atom. The van der Waals surface area contributed by atoms with Gasteiger partial charge in [0.25, 0.3) is 15.9 Å². The van der Waals surface area contributed by atoms with Gasteiger partial charge in [0.2, 0.25) is 5.03 Å². The van der Waals surface area contributed by atoms with Gasteiger partial charge in [-0.3, -0.25) is 9.48 Å². The van der Waals surface area contributed by atoms with Gasteiger partial charge >= 0.3 is 0 Å². The molecule has 1 aliphatic heterocycles. The number of para-hydroxylation sites is 1. The highest BCUT2D eigenvalue weighted by molar-refractivity contribution is 7.89. The highest BCUT2D eigenvalue weighted by atomic mass is 35.5. The molecule has 10 heteroatoms. The third-order valence-corrected chi connectivity index (χ3v) is 7.60. The monoisotopic (exact) mass is 481 g/mol. The molecule has 0 spiro atoms. The van der Waals surface area contributed by atoms with Gasteiger partial charge < -0.3 is 10.2 Å². The van der Waals surface area contributed by atoms with E-state index in [4.69, 9.17) is 11.6 Å². The van der Waals surface area contributed by atoms with E-state index >= 15 is 0 Å². The Bertz CT molecular complexity index is 1030. The van der Waals surface area contributed by atoms with Crippen LogP contribution in [0.5, 0.6) is 0 Å². The van der Waals surface area contributed by atoms with Gasteiger partial charge in [-0.2, -0.15) is 9.40 Å². The number of nitrogens with one attached hydrogen (secondary N) is 1. The number of aryl methyl sites for hydroxylation is 1. The van der Waals surface area contributed by atoms with Crippen LogP contribution < -0.4 is 10.2 Å². The molecule has 0 unspecified atom stereocenters. The fourth-order valence-corrected chi connectivity index (χ4v) is 5.44. The maximum absolute atomic E-state index is 13.4. The van der Waals surface area contributed by atoms with E-state index in [-0.39, 0.29) is 10.6 Å². The molecule has 1 aromatic heterocycles. The zero-order valence-corrected chi connectivity index (χ0v) is 20.5. The first-order valence-corrected chi connectivity index (χ1v) is 12.9. The molecule has 2 heterocycles. The van der Waals surface area contributed by atoms with E-state index in [0.29, 0.717) is 50.2 Å². The lowest BCUT2D eigenvalue weighted by molar-refractivity contribution is 0.0948. The summed E-state index contributed by atoms with van der Waals surface area (Å²) in [7, 11) is -3.91. The summed E-state index contributed by atoms with van der Waals surface area (Å²) in [5, 5.41) is 7.61. The van der Waals surface area contributed by atoms with Crippen molar-refractivity contribution in [3.05, 3.63) is 41.0 Å². The Morgan fingerprint density at radius 2 is 1.88 bits per heavy atom. The summed E-state index contributed by atoms with van der Waals surface area (Å²) >= 11 is 6.30. The SMILES string of the molecule is CCCn1cc(C(=O)NCCC(C)C)c(S(=O)(=O)N2CCN(c3ccccc3Cl)CC2)n1. The van der Waals surface area contributed by atoms with E-state index in [2.05, 4.69) is 29.2 Å². The number of carbonyl (C=O) groups excluding carboxylic acids is 1. The molecule has 1 aliphatic rings. The van der Waals surface area contributed by atoms with Crippen molar-refractivity contribution < 1.29 is 13.2 Å². The normalized spacial score (nSPS) is 15.3. The number of anilines is 1. The van der Waals surface area contributed by atoms with Crippen molar-refractivity contribution in [3.8, 4) is 0 Å². The van der Waals surface area contributed by atoms with Crippen molar-refractivity contribution in [2.24, 2.45) is 5.92 Å². The summed E-state index contributed by atoms with van der Waals surface area (Å²) in [5.74, 6) is 0.0389. The molecule has 1 saturated heterocycles. The Labute approximate surface area is 195 Å². The number of piperazine rings is 1. The highest BCUT2D eigenvalue weighted by Gasteiger charge is 2.35. The topological polar surface area (TPSA) is 87.5 Å². The number of halogens is 1. The minimum absolute atomic E-state index is 0.107. The Kier molecular flexibility index (Phi) is 8.19. The van der Waals surface area contributed by atoms with E-state index in [9.17, 15) is 13.2 Å². The number of nitrogens with zero attached hydrogens (tertiary/aromatic N) is 4. The second-order valence-electron chi connectivity index (χ2n) is 8.39. The minimum Gasteiger partial charge on any atom is -0.368 e. The summed E-state index contributed by atoms with van der Waals surface area (Å²) in [6, 6.07) is 7.53. The average molecular weight is 482 g/mol. The summed E-state index contributed by atoms with van der Waals surface area (Å²) in [4.78, 5) is 14.9. The third kappa shape index (κ3) is 5.63. The average Bonchev–Trinajstić information content (AvgIpc) is 3.19. The van der Waals surface area contributed by atoms with E-state index in [1.165, 1.54) is 4.31 Å². The second kappa shape index (κ2) is 10.7. The summed E-state index contributed by atoms with van der Waals surface area (Å²) in [5.41, 5.74) is 0.999. The number of carbonyl (C=O) groups is 1. The van der Waals surface area contributed by atoms with Crippen molar-refractivity contribution in [3.63, 3.8) is 0 Å². The van der Waals surface area contributed by atoms with Gasteiger partial charge in [0.05, 0.1) is 16.3 Å². The number of sulfonamides is 1. The number of rotatable bonds is 9. The minimum atomic E-state index is -3.91. The Hall–Kier alpha value is -2.10. The van der Waals surface area contributed by atoms with Crippen LogP contribution in [0, 0.1) is 5.92 Å². The number of aromatic nitrogens is 2. The fourth-order valence-electron chi connectivity index (χ4n) is 3.66. The highest BCUT2D eigenvalue weighted by Crippen LogP contribution is 2.27. The van der Waals surface area contributed by atoms with Crippen LogP contribution in [0.15, 0.2) is 35.5 Å². The van der Waals surface area contributed by atoms with Crippen molar-refractivity contribution in [1.82, 2.24) is 19.4 Å². The van der Waals surface area contributed by atoms with Gasteiger partial charge in [0.1, 0.15) is 0 Å². The lowest BCUT2D eigenvalue weighted by atomic mass is 10.1. The molecular formula is C22H32ClN5O3S. The van der Waals surface area contributed by atoms with E-state index in [0.717, 1.165) is 18.5 Å². The summed E-state index contributed by atoms with van der Waals surface area (Å²) in [6.07, 6.45) is 3.15. The number of amides is 1. The number of hydrogen-bond donors (Lipinski definition) is 1. The first-order chi connectivity index (χ1) is 15.2. The van der Waals surface area contributed by atoms with Crippen LogP contribution in [0.25, 0.3) is 0 Å². The molecule has 0 saturated carbocycles. The summed E-state index contributed by atoms with van der Waals surface area (Å²) in [6.45, 7) is 8.77. The van der Waals surface area contributed by atoms with Gasteiger partial charge in [-0.15, -0.1) is 0 Å². The number of hydrogen-bond acceptors (Lipinski definition) is 5. The van der Waals surface area contributed by atoms with E-state index in [1.807, 2.05) is 31.2 Å². The van der Waals surface area contributed by atoms with Gasteiger partial charge in [-0.25, -0.2) is 8.42 Å². The van der Waals surface area contributed by atoms with Gasteiger partial charge in [-0.1, -0.05) is 44.5 Å². The van der Waals surface area contributed by atoms with Crippen molar-refractivity contribution in [1.29, 1.82) is 0 Å². The molecule has 0 radical (unpaired) electrons. The van der Waals surface area contributed by atoms with Crippen LogP contribution in [-0.4, -0.2) is 61.1 Å². The predicted octanol–water partition coefficient (Wildman–Crippen LogP) is 3.23. The standard InChI is InChI=1S/C22H32ClN5O3S/c1-4-11-27-16-18(21(29)24-10-9-17(2)3)22(25-27)32(30,31)28-14-12-26(13-15-28)20-8-6-5-7-19(20)23/h5-8,16-17H,4,9-15H2,1-3H3,(H,24,29). The van der Waals surface area contributed by atoms with Crippen LogP contribution in [-0.2, 0) is 16.6 Å². The molecule has 32 heavy (non-hydrogen) atoms. The lowest BCUT2D eigenvalue weighted by Gasteiger charge is -2.35. The smallest absolute Gasteiger partial charge is 0.263 e. The van der Waals surface area contributed by atoms with Gasteiger partial charge in [0, 0.05) is 45.5 Å². The molecule has 3 rings (SSSR count). The predicted molar refractivity (Wildman–Crippen MR) is 127 cm³/mol. The quantitative estimate of drug-likeness (QED) is 0.594. The van der Waals surface area contributed by atoms with Crippen LogP contribution in [0.4, 0.5) is 5.69 Å². The third-order valence-electron chi connectivity index (χ3n) is 5.45.